The van der Waals surface area contributed by atoms with Crippen molar-refractivity contribution in [2.45, 2.75) is 64.2 Å². The molecule has 0 radical (unpaired) electrons. The molecule has 0 saturated heterocycles. The predicted octanol–water partition coefficient (Wildman–Crippen LogP) is 3.71. The zero-order valence-corrected chi connectivity index (χ0v) is 12.0. The smallest absolute Gasteiger partial charge is 0.143 e. The second kappa shape index (κ2) is 7.82. The van der Waals surface area contributed by atoms with Crippen LogP contribution in [0.1, 0.15) is 57.6 Å². The molecule has 0 amide bonds. The van der Waals surface area contributed by atoms with E-state index in [-0.39, 0.29) is 0 Å². The molecule has 1 heterocycles. The number of aromatic nitrogens is 3. The molecule has 4 heteroatoms. The van der Waals surface area contributed by atoms with E-state index < -0.39 is 0 Å². The maximum absolute atomic E-state index is 4.26. The van der Waals surface area contributed by atoms with Crippen LogP contribution in [0, 0.1) is 0 Å². The van der Waals surface area contributed by atoms with Crippen molar-refractivity contribution in [1.82, 2.24) is 14.8 Å². The Labute approximate surface area is 107 Å². The molecular formula is C12H22BrN3. The number of rotatable bonds is 8. The summed E-state index contributed by atoms with van der Waals surface area (Å²) in [5, 5.41) is 9.24. The van der Waals surface area contributed by atoms with E-state index in [2.05, 4.69) is 44.5 Å². The van der Waals surface area contributed by atoms with Crippen molar-refractivity contribution in [3.63, 3.8) is 0 Å². The van der Waals surface area contributed by atoms with Gasteiger partial charge in [-0.1, -0.05) is 48.5 Å². The van der Waals surface area contributed by atoms with Crippen molar-refractivity contribution in [2.75, 3.05) is 0 Å². The van der Waals surface area contributed by atoms with Gasteiger partial charge in [0, 0.05) is 13.0 Å². The molecule has 0 atom stereocenters. The molecule has 0 aromatic carbocycles. The molecule has 0 aliphatic rings. The summed E-state index contributed by atoms with van der Waals surface area (Å²) in [7, 11) is 0. The van der Waals surface area contributed by atoms with Gasteiger partial charge >= 0.3 is 0 Å². The molecule has 3 nitrogen and oxygen atoms in total. The lowest BCUT2D eigenvalue weighted by Gasteiger charge is -2.05. The van der Waals surface area contributed by atoms with Gasteiger partial charge in [0.25, 0.3) is 0 Å². The number of hydrogen-bond donors (Lipinski definition) is 0. The first-order chi connectivity index (χ1) is 7.83. The van der Waals surface area contributed by atoms with Crippen LogP contribution >= 0.6 is 15.9 Å². The van der Waals surface area contributed by atoms with Gasteiger partial charge in [-0.2, -0.15) is 0 Å². The first kappa shape index (κ1) is 13.7. The molecule has 0 bridgehead atoms. The van der Waals surface area contributed by atoms with Crippen molar-refractivity contribution in [1.29, 1.82) is 0 Å². The molecule has 0 spiro atoms. The molecule has 0 aliphatic heterocycles. The molecule has 1 aromatic heterocycles. The van der Waals surface area contributed by atoms with E-state index in [9.17, 15) is 0 Å². The van der Waals surface area contributed by atoms with Crippen LogP contribution in [-0.4, -0.2) is 14.8 Å². The summed E-state index contributed by atoms with van der Waals surface area (Å²) in [4.78, 5) is 0. The van der Waals surface area contributed by atoms with Gasteiger partial charge in [-0.05, 0) is 13.3 Å². The van der Waals surface area contributed by atoms with E-state index in [1.54, 1.807) is 0 Å². The second-order valence-electron chi connectivity index (χ2n) is 4.07. The van der Waals surface area contributed by atoms with Crippen LogP contribution in [0.15, 0.2) is 0 Å². The normalized spacial score (nSPS) is 10.9. The van der Waals surface area contributed by atoms with Gasteiger partial charge in [-0.15, -0.1) is 10.2 Å². The van der Waals surface area contributed by atoms with Crippen LogP contribution in [0.25, 0.3) is 0 Å². The minimum absolute atomic E-state index is 0.795. The molecule has 92 valence electrons. The third-order valence-corrected chi connectivity index (χ3v) is 3.35. The fraction of sp³-hybridized carbons (Fsp3) is 0.833. The molecule has 0 N–H and O–H groups in total. The highest BCUT2D eigenvalue weighted by atomic mass is 79.9. The lowest BCUT2D eigenvalue weighted by molar-refractivity contribution is 0.599. The monoisotopic (exact) mass is 287 g/mol. The van der Waals surface area contributed by atoms with Crippen LogP contribution in [0.5, 0.6) is 0 Å². The molecular weight excluding hydrogens is 266 g/mol. The van der Waals surface area contributed by atoms with Gasteiger partial charge in [0.15, 0.2) is 0 Å². The van der Waals surface area contributed by atoms with Crippen molar-refractivity contribution >= 4 is 15.9 Å². The Bertz CT molecular complexity index is 296. The number of unbranched alkanes of at least 4 members (excludes halogenated alkanes) is 4. The zero-order chi connectivity index (χ0) is 11.8. The molecule has 1 rings (SSSR count). The Hall–Kier alpha value is -0.380. The first-order valence-electron chi connectivity index (χ1n) is 6.30. The van der Waals surface area contributed by atoms with Gasteiger partial charge in [-0.25, -0.2) is 0 Å². The summed E-state index contributed by atoms with van der Waals surface area (Å²) in [5.74, 6) is 2.19. The van der Waals surface area contributed by atoms with Gasteiger partial charge in [-0.3, -0.25) is 0 Å². The summed E-state index contributed by atoms with van der Waals surface area (Å²) < 4.78 is 2.22. The second-order valence-corrected chi connectivity index (χ2v) is 4.64. The van der Waals surface area contributed by atoms with E-state index in [0.717, 1.165) is 29.9 Å². The van der Waals surface area contributed by atoms with Gasteiger partial charge in [0.1, 0.15) is 11.6 Å². The summed E-state index contributed by atoms with van der Waals surface area (Å²) in [6, 6.07) is 0. The number of alkyl halides is 1. The fourth-order valence-corrected chi connectivity index (χ4v) is 2.32. The van der Waals surface area contributed by atoms with Crippen LogP contribution in [-0.2, 0) is 18.3 Å². The number of halogens is 1. The number of hydrogen-bond acceptors (Lipinski definition) is 2. The van der Waals surface area contributed by atoms with E-state index in [4.69, 9.17) is 0 Å². The average molecular weight is 288 g/mol. The third-order valence-electron chi connectivity index (χ3n) is 2.84. The third kappa shape index (κ3) is 3.89. The van der Waals surface area contributed by atoms with Gasteiger partial charge in [0.05, 0.1) is 5.33 Å². The largest absolute Gasteiger partial charge is 0.315 e. The summed E-state index contributed by atoms with van der Waals surface area (Å²) in [6.45, 7) is 5.37. The van der Waals surface area contributed by atoms with Crippen molar-refractivity contribution in [3.8, 4) is 0 Å². The number of aryl methyl sites for hydroxylation is 1. The molecule has 0 unspecified atom stereocenters. The Morgan fingerprint density at radius 1 is 1.00 bits per heavy atom. The Morgan fingerprint density at radius 3 is 2.31 bits per heavy atom. The standard InChI is InChI=1S/C12H22BrN3/c1-3-5-6-7-8-9-11-14-15-12(10-13)16(11)4-2/h3-10H2,1-2H3. The Kier molecular flexibility index (Phi) is 6.69. The fourth-order valence-electron chi connectivity index (χ4n) is 1.91. The quantitative estimate of drug-likeness (QED) is 0.539. The van der Waals surface area contributed by atoms with Gasteiger partial charge < -0.3 is 4.57 Å². The molecule has 0 saturated carbocycles. The van der Waals surface area contributed by atoms with Crippen molar-refractivity contribution in [2.24, 2.45) is 0 Å². The first-order valence-corrected chi connectivity index (χ1v) is 7.42. The Balaban J connectivity index is 2.38. The summed E-state index contributed by atoms with van der Waals surface area (Å²) in [6.07, 6.45) is 7.63. The summed E-state index contributed by atoms with van der Waals surface area (Å²) >= 11 is 3.44. The lowest BCUT2D eigenvalue weighted by atomic mass is 10.1. The molecule has 1 aromatic rings. The van der Waals surface area contributed by atoms with Crippen LogP contribution in [0.2, 0.25) is 0 Å². The van der Waals surface area contributed by atoms with Gasteiger partial charge in [0.2, 0.25) is 0 Å². The van der Waals surface area contributed by atoms with Crippen molar-refractivity contribution in [3.05, 3.63) is 11.6 Å². The zero-order valence-electron chi connectivity index (χ0n) is 10.4. The van der Waals surface area contributed by atoms with Crippen LogP contribution in [0.3, 0.4) is 0 Å². The Morgan fingerprint density at radius 2 is 1.69 bits per heavy atom. The number of nitrogens with zero attached hydrogens (tertiary/aromatic N) is 3. The van der Waals surface area contributed by atoms with E-state index in [1.165, 1.54) is 32.1 Å². The van der Waals surface area contributed by atoms with Crippen LogP contribution < -0.4 is 0 Å². The maximum atomic E-state index is 4.26. The van der Waals surface area contributed by atoms with E-state index in [0.29, 0.717) is 0 Å². The lowest BCUT2D eigenvalue weighted by Crippen LogP contribution is -2.05. The minimum atomic E-state index is 0.795. The molecule has 0 fully saturated rings. The average Bonchev–Trinajstić information content (AvgIpc) is 2.71. The van der Waals surface area contributed by atoms with Crippen LogP contribution in [0.4, 0.5) is 0 Å². The van der Waals surface area contributed by atoms with Crippen molar-refractivity contribution < 1.29 is 0 Å². The van der Waals surface area contributed by atoms with E-state index >= 15 is 0 Å². The molecule has 16 heavy (non-hydrogen) atoms. The minimum Gasteiger partial charge on any atom is -0.315 e. The molecule has 0 aliphatic carbocycles. The summed E-state index contributed by atoms with van der Waals surface area (Å²) in [5.41, 5.74) is 0. The SMILES string of the molecule is CCCCCCCc1nnc(CBr)n1CC. The maximum Gasteiger partial charge on any atom is 0.143 e. The topological polar surface area (TPSA) is 30.7 Å². The highest BCUT2D eigenvalue weighted by Gasteiger charge is 2.08. The predicted molar refractivity (Wildman–Crippen MR) is 70.8 cm³/mol. The highest BCUT2D eigenvalue weighted by Crippen LogP contribution is 2.10. The van der Waals surface area contributed by atoms with E-state index in [1.807, 2.05) is 0 Å². The highest BCUT2D eigenvalue weighted by molar-refractivity contribution is 9.08.